The minimum absolute atomic E-state index is 0.0576. The van der Waals surface area contributed by atoms with E-state index in [0.717, 1.165) is 19.3 Å². The van der Waals surface area contributed by atoms with Crippen LogP contribution < -0.4 is 10.1 Å². The van der Waals surface area contributed by atoms with Crippen molar-refractivity contribution < 1.29 is 19.6 Å². The van der Waals surface area contributed by atoms with Crippen molar-refractivity contribution in [1.29, 1.82) is 0 Å². The molecule has 0 heterocycles. The molecule has 2 rings (SSSR count). The molecule has 21 heavy (non-hydrogen) atoms. The second-order valence-electron chi connectivity index (χ2n) is 5.45. The third-order valence-corrected chi connectivity index (χ3v) is 3.95. The summed E-state index contributed by atoms with van der Waals surface area (Å²) in [7, 11) is 1.45. The number of nitro groups is 1. The fraction of sp³-hybridized carbons (Fsp3) is 0.500. The second kappa shape index (κ2) is 5.99. The summed E-state index contributed by atoms with van der Waals surface area (Å²) in [5, 5.41) is 23.0. The van der Waals surface area contributed by atoms with Crippen LogP contribution in [0.4, 0.5) is 11.4 Å². The van der Waals surface area contributed by atoms with Gasteiger partial charge < -0.3 is 15.2 Å². The summed E-state index contributed by atoms with van der Waals surface area (Å²) < 4.78 is 5.04. The van der Waals surface area contributed by atoms with Crippen LogP contribution in [0, 0.1) is 15.5 Å². The Bertz CT molecular complexity index is 554. The zero-order chi connectivity index (χ0) is 15.5. The average Bonchev–Trinajstić information content (AvgIpc) is 2.40. The molecule has 2 N–H and O–H groups in total. The number of non-ortho nitro benzene ring substituents is 1. The summed E-state index contributed by atoms with van der Waals surface area (Å²) in [6, 6.07) is 4.44. The number of nitrogens with one attached hydrogen (secondary N) is 1. The van der Waals surface area contributed by atoms with E-state index in [1.54, 1.807) is 6.07 Å². The van der Waals surface area contributed by atoms with Gasteiger partial charge in [0, 0.05) is 24.4 Å². The fourth-order valence-corrected chi connectivity index (χ4v) is 2.61. The van der Waals surface area contributed by atoms with Crippen LogP contribution in [-0.4, -0.2) is 29.7 Å². The predicted molar refractivity (Wildman–Crippen MR) is 76.7 cm³/mol. The van der Waals surface area contributed by atoms with Crippen LogP contribution in [0.25, 0.3) is 0 Å². The molecule has 0 amide bonds. The van der Waals surface area contributed by atoms with Crippen molar-refractivity contribution in [3.63, 3.8) is 0 Å². The van der Waals surface area contributed by atoms with Gasteiger partial charge in [-0.05, 0) is 18.3 Å². The van der Waals surface area contributed by atoms with E-state index >= 15 is 0 Å². The summed E-state index contributed by atoms with van der Waals surface area (Å²) in [6.45, 7) is 0.490. The zero-order valence-corrected chi connectivity index (χ0v) is 11.8. The number of carboxylic acid groups (broad SMARTS) is 1. The summed E-state index contributed by atoms with van der Waals surface area (Å²) in [5.74, 6) is -0.416. The molecule has 0 saturated heterocycles. The third-order valence-electron chi connectivity index (χ3n) is 3.95. The van der Waals surface area contributed by atoms with Crippen LogP contribution in [0.15, 0.2) is 18.2 Å². The Morgan fingerprint density at radius 2 is 2.19 bits per heavy atom. The van der Waals surface area contributed by atoms with E-state index in [-0.39, 0.29) is 17.5 Å². The molecule has 0 bridgehead atoms. The van der Waals surface area contributed by atoms with Crippen LogP contribution in [-0.2, 0) is 4.79 Å². The zero-order valence-electron chi connectivity index (χ0n) is 11.8. The number of carbonyl (C=O) groups is 1. The minimum Gasteiger partial charge on any atom is -0.496 e. The van der Waals surface area contributed by atoms with E-state index in [4.69, 9.17) is 9.84 Å². The maximum absolute atomic E-state index is 10.9. The standard InChI is InChI=1S/C14H18N2O5/c1-21-12-6-10(5-11(7-12)16(19)20)15-9-14(3-2-4-14)8-13(17)18/h5-7,15H,2-4,8-9H2,1H3,(H,17,18). The van der Waals surface area contributed by atoms with Gasteiger partial charge in [-0.25, -0.2) is 0 Å². The van der Waals surface area contributed by atoms with Gasteiger partial charge in [-0.15, -0.1) is 0 Å². The van der Waals surface area contributed by atoms with Gasteiger partial charge in [0.2, 0.25) is 0 Å². The number of carboxylic acids is 1. The van der Waals surface area contributed by atoms with Crippen molar-refractivity contribution in [1.82, 2.24) is 0 Å². The number of anilines is 1. The summed E-state index contributed by atoms with van der Waals surface area (Å²) in [4.78, 5) is 21.3. The molecule has 1 saturated carbocycles. The monoisotopic (exact) mass is 294 g/mol. The third kappa shape index (κ3) is 3.62. The van der Waals surface area contributed by atoms with Crippen LogP contribution in [0.5, 0.6) is 5.75 Å². The Kier molecular flexibility index (Phi) is 4.30. The SMILES string of the molecule is COc1cc(NCC2(CC(=O)O)CCC2)cc([N+](=O)[O-])c1. The molecule has 0 radical (unpaired) electrons. The first-order chi connectivity index (χ1) is 9.94. The molecule has 0 spiro atoms. The molecule has 0 unspecified atom stereocenters. The summed E-state index contributed by atoms with van der Waals surface area (Å²) >= 11 is 0. The van der Waals surface area contributed by atoms with E-state index < -0.39 is 10.9 Å². The highest BCUT2D eigenvalue weighted by Gasteiger charge is 2.38. The Morgan fingerprint density at radius 3 is 2.67 bits per heavy atom. The van der Waals surface area contributed by atoms with Crippen LogP contribution >= 0.6 is 0 Å². The molecule has 0 atom stereocenters. The lowest BCUT2D eigenvalue weighted by Crippen LogP contribution is -2.38. The van der Waals surface area contributed by atoms with Gasteiger partial charge in [-0.2, -0.15) is 0 Å². The minimum atomic E-state index is -0.812. The maximum Gasteiger partial charge on any atom is 0.303 e. The van der Waals surface area contributed by atoms with Gasteiger partial charge in [0.05, 0.1) is 24.5 Å². The van der Waals surface area contributed by atoms with Crippen molar-refractivity contribution in [2.24, 2.45) is 5.41 Å². The van der Waals surface area contributed by atoms with Gasteiger partial charge in [-0.3, -0.25) is 14.9 Å². The van der Waals surface area contributed by atoms with Gasteiger partial charge in [0.25, 0.3) is 5.69 Å². The molecule has 1 fully saturated rings. The molecular formula is C14H18N2O5. The number of nitrogens with zero attached hydrogens (tertiary/aromatic N) is 1. The van der Waals surface area contributed by atoms with E-state index in [0.29, 0.717) is 18.0 Å². The van der Waals surface area contributed by atoms with Gasteiger partial charge >= 0.3 is 5.97 Å². The van der Waals surface area contributed by atoms with E-state index in [1.807, 2.05) is 0 Å². The van der Waals surface area contributed by atoms with E-state index in [1.165, 1.54) is 19.2 Å². The van der Waals surface area contributed by atoms with Crippen molar-refractivity contribution in [3.05, 3.63) is 28.3 Å². The first kappa shape index (κ1) is 15.1. The molecule has 1 aliphatic rings. The molecule has 1 aromatic carbocycles. The average molecular weight is 294 g/mol. The first-order valence-corrected chi connectivity index (χ1v) is 6.73. The smallest absolute Gasteiger partial charge is 0.303 e. The van der Waals surface area contributed by atoms with Crippen LogP contribution in [0.3, 0.4) is 0 Å². The van der Waals surface area contributed by atoms with E-state index in [9.17, 15) is 14.9 Å². The van der Waals surface area contributed by atoms with Crippen LogP contribution in [0.2, 0.25) is 0 Å². The number of hydrogen-bond donors (Lipinski definition) is 2. The van der Waals surface area contributed by atoms with Crippen LogP contribution in [0.1, 0.15) is 25.7 Å². The highest BCUT2D eigenvalue weighted by atomic mass is 16.6. The molecule has 7 nitrogen and oxygen atoms in total. The predicted octanol–water partition coefficient (Wildman–Crippen LogP) is 2.66. The quantitative estimate of drug-likeness (QED) is 0.592. The second-order valence-corrected chi connectivity index (χ2v) is 5.45. The molecule has 1 aromatic rings. The van der Waals surface area contributed by atoms with Crippen molar-refractivity contribution in [3.8, 4) is 5.75 Å². The lowest BCUT2D eigenvalue weighted by atomic mass is 9.66. The van der Waals surface area contributed by atoms with Gasteiger partial charge in [0.1, 0.15) is 5.75 Å². The molecular weight excluding hydrogens is 276 g/mol. The number of aliphatic carboxylic acids is 1. The highest BCUT2D eigenvalue weighted by molar-refractivity contribution is 5.68. The largest absolute Gasteiger partial charge is 0.496 e. The van der Waals surface area contributed by atoms with Crippen molar-refractivity contribution in [2.75, 3.05) is 19.0 Å². The molecule has 7 heteroatoms. The van der Waals surface area contributed by atoms with Crippen molar-refractivity contribution in [2.45, 2.75) is 25.7 Å². The Morgan fingerprint density at radius 1 is 1.48 bits per heavy atom. The Balaban J connectivity index is 2.10. The first-order valence-electron chi connectivity index (χ1n) is 6.73. The molecule has 114 valence electrons. The van der Waals surface area contributed by atoms with Gasteiger partial charge in [0.15, 0.2) is 0 Å². The number of methoxy groups -OCH3 is 1. The Hall–Kier alpha value is -2.31. The summed E-state index contributed by atoms with van der Waals surface area (Å²) in [5.41, 5.74) is 0.263. The lowest BCUT2D eigenvalue weighted by Gasteiger charge is -2.41. The van der Waals surface area contributed by atoms with E-state index in [2.05, 4.69) is 5.32 Å². The topological polar surface area (TPSA) is 102 Å². The normalized spacial score (nSPS) is 15.9. The molecule has 1 aliphatic carbocycles. The Labute approximate surface area is 122 Å². The summed E-state index contributed by atoms with van der Waals surface area (Å²) in [6.07, 6.45) is 2.86. The number of benzene rings is 1. The molecule has 0 aliphatic heterocycles. The highest BCUT2D eigenvalue weighted by Crippen LogP contribution is 2.44. The molecule has 0 aromatic heterocycles. The number of ether oxygens (including phenoxy) is 1. The van der Waals surface area contributed by atoms with Gasteiger partial charge in [-0.1, -0.05) is 6.42 Å². The maximum atomic E-state index is 10.9. The number of nitro benzene ring substituents is 1. The lowest BCUT2D eigenvalue weighted by molar-refractivity contribution is -0.384. The van der Waals surface area contributed by atoms with Crippen molar-refractivity contribution >= 4 is 17.3 Å². The number of rotatable bonds is 7. The number of hydrogen-bond acceptors (Lipinski definition) is 5. The fourth-order valence-electron chi connectivity index (χ4n) is 2.61.